The minimum atomic E-state index is 0.177. The number of carbonyl (C=O) groups excluding carboxylic acids is 1. The zero-order chi connectivity index (χ0) is 13.8. The summed E-state index contributed by atoms with van der Waals surface area (Å²) in [6.07, 6.45) is 4.36. The van der Waals surface area contributed by atoms with E-state index >= 15 is 0 Å². The van der Waals surface area contributed by atoms with E-state index in [1.807, 2.05) is 36.1 Å². The Hall–Kier alpha value is -1.51. The molecule has 0 saturated heterocycles. The lowest BCUT2D eigenvalue weighted by Crippen LogP contribution is -2.38. The van der Waals surface area contributed by atoms with Crippen LogP contribution in [0, 0.1) is 11.8 Å². The van der Waals surface area contributed by atoms with Crippen LogP contribution in [0.2, 0.25) is 0 Å². The number of amides is 1. The molecule has 1 aliphatic carbocycles. The summed E-state index contributed by atoms with van der Waals surface area (Å²) in [5.74, 6) is 1.18. The summed E-state index contributed by atoms with van der Waals surface area (Å²) in [6.45, 7) is 4.96. The average Bonchev–Trinajstić information content (AvgIpc) is 2.42. The van der Waals surface area contributed by atoms with Gasteiger partial charge in [-0.25, -0.2) is 0 Å². The molecule has 0 atom stereocenters. The molecule has 19 heavy (non-hydrogen) atoms. The molecule has 0 unspecified atom stereocenters. The van der Waals surface area contributed by atoms with Gasteiger partial charge in [-0.15, -0.1) is 0 Å². The van der Waals surface area contributed by atoms with Crippen molar-refractivity contribution >= 4 is 17.3 Å². The Morgan fingerprint density at radius 2 is 1.89 bits per heavy atom. The number of carbonyl (C=O) groups is 1. The summed E-state index contributed by atoms with van der Waals surface area (Å²) in [6, 6.07) is 7.63. The van der Waals surface area contributed by atoms with E-state index in [2.05, 4.69) is 6.92 Å². The third kappa shape index (κ3) is 3.09. The van der Waals surface area contributed by atoms with Crippen LogP contribution >= 0.6 is 0 Å². The van der Waals surface area contributed by atoms with Crippen molar-refractivity contribution in [3.05, 3.63) is 24.3 Å². The van der Waals surface area contributed by atoms with Crippen molar-refractivity contribution in [2.45, 2.75) is 39.5 Å². The maximum absolute atomic E-state index is 12.7. The van der Waals surface area contributed by atoms with Crippen LogP contribution in [0.25, 0.3) is 0 Å². The molecule has 1 aliphatic rings. The first-order chi connectivity index (χ1) is 9.13. The molecule has 0 radical (unpaired) electrons. The number of para-hydroxylation sites is 2. The molecule has 1 amide bonds. The van der Waals surface area contributed by atoms with Crippen molar-refractivity contribution in [1.82, 2.24) is 0 Å². The molecular weight excluding hydrogens is 236 g/mol. The van der Waals surface area contributed by atoms with Crippen molar-refractivity contribution in [2.75, 3.05) is 17.2 Å². The van der Waals surface area contributed by atoms with E-state index in [0.717, 1.165) is 37.3 Å². The summed E-state index contributed by atoms with van der Waals surface area (Å²) in [4.78, 5) is 14.5. The maximum Gasteiger partial charge on any atom is 0.230 e. The minimum Gasteiger partial charge on any atom is -0.397 e. The number of hydrogen-bond acceptors (Lipinski definition) is 2. The fourth-order valence-electron chi connectivity index (χ4n) is 2.91. The zero-order valence-corrected chi connectivity index (χ0v) is 11.9. The molecule has 1 aromatic carbocycles. The van der Waals surface area contributed by atoms with E-state index < -0.39 is 0 Å². The Morgan fingerprint density at radius 1 is 1.26 bits per heavy atom. The second-order valence-electron chi connectivity index (χ2n) is 5.60. The maximum atomic E-state index is 12.7. The van der Waals surface area contributed by atoms with Crippen LogP contribution in [0.15, 0.2) is 24.3 Å². The van der Waals surface area contributed by atoms with Crippen molar-refractivity contribution in [3.63, 3.8) is 0 Å². The first-order valence-electron chi connectivity index (χ1n) is 7.29. The van der Waals surface area contributed by atoms with E-state index in [9.17, 15) is 4.79 Å². The number of anilines is 2. The molecule has 3 heteroatoms. The number of nitrogens with zero attached hydrogens (tertiary/aromatic N) is 1. The van der Waals surface area contributed by atoms with Crippen LogP contribution in [-0.4, -0.2) is 12.5 Å². The quantitative estimate of drug-likeness (QED) is 0.846. The van der Waals surface area contributed by atoms with Crippen LogP contribution in [0.3, 0.4) is 0 Å². The third-order valence-electron chi connectivity index (χ3n) is 4.17. The lowest BCUT2D eigenvalue weighted by atomic mass is 9.82. The third-order valence-corrected chi connectivity index (χ3v) is 4.17. The van der Waals surface area contributed by atoms with Gasteiger partial charge in [-0.3, -0.25) is 4.79 Å². The van der Waals surface area contributed by atoms with Gasteiger partial charge in [0.2, 0.25) is 5.91 Å². The Bertz CT molecular complexity index is 436. The minimum absolute atomic E-state index is 0.177. The highest BCUT2D eigenvalue weighted by Gasteiger charge is 2.28. The number of hydrogen-bond donors (Lipinski definition) is 1. The lowest BCUT2D eigenvalue weighted by molar-refractivity contribution is -0.123. The molecule has 0 heterocycles. The molecule has 0 bridgehead atoms. The summed E-state index contributed by atoms with van der Waals surface area (Å²) >= 11 is 0. The fourth-order valence-corrected chi connectivity index (χ4v) is 2.91. The van der Waals surface area contributed by atoms with Crippen molar-refractivity contribution < 1.29 is 4.79 Å². The summed E-state index contributed by atoms with van der Waals surface area (Å²) < 4.78 is 0. The second kappa shape index (κ2) is 6.09. The van der Waals surface area contributed by atoms with Gasteiger partial charge in [-0.1, -0.05) is 19.1 Å². The van der Waals surface area contributed by atoms with Crippen LogP contribution in [0.5, 0.6) is 0 Å². The SMILES string of the molecule is CCN(C(=O)C1CCC(C)CC1)c1ccccc1N. The number of rotatable bonds is 3. The molecule has 0 aliphatic heterocycles. The molecule has 2 rings (SSSR count). The largest absolute Gasteiger partial charge is 0.397 e. The van der Waals surface area contributed by atoms with E-state index in [1.54, 1.807) is 0 Å². The van der Waals surface area contributed by atoms with Gasteiger partial charge in [0.15, 0.2) is 0 Å². The molecule has 1 fully saturated rings. The van der Waals surface area contributed by atoms with Crippen molar-refractivity contribution in [3.8, 4) is 0 Å². The van der Waals surface area contributed by atoms with Gasteiger partial charge >= 0.3 is 0 Å². The Morgan fingerprint density at radius 3 is 2.47 bits per heavy atom. The van der Waals surface area contributed by atoms with Crippen molar-refractivity contribution in [2.24, 2.45) is 11.8 Å². The van der Waals surface area contributed by atoms with Gasteiger partial charge in [0.05, 0.1) is 11.4 Å². The van der Waals surface area contributed by atoms with Crippen molar-refractivity contribution in [1.29, 1.82) is 0 Å². The van der Waals surface area contributed by atoms with Gasteiger partial charge in [0.25, 0.3) is 0 Å². The number of nitrogen functional groups attached to an aromatic ring is 1. The topological polar surface area (TPSA) is 46.3 Å². The summed E-state index contributed by atoms with van der Waals surface area (Å²) in [5.41, 5.74) is 7.53. The molecule has 0 spiro atoms. The smallest absolute Gasteiger partial charge is 0.230 e. The molecule has 0 aromatic heterocycles. The molecular formula is C16H24N2O. The standard InChI is InChI=1S/C16H24N2O/c1-3-18(15-7-5-4-6-14(15)17)16(19)13-10-8-12(2)9-11-13/h4-7,12-13H,3,8-11,17H2,1-2H3. The highest BCUT2D eigenvalue weighted by Crippen LogP contribution is 2.32. The van der Waals surface area contributed by atoms with Gasteiger partial charge in [0, 0.05) is 12.5 Å². The first-order valence-corrected chi connectivity index (χ1v) is 7.29. The molecule has 3 nitrogen and oxygen atoms in total. The predicted octanol–water partition coefficient (Wildman–Crippen LogP) is 3.45. The number of nitrogens with two attached hydrogens (primary N) is 1. The molecule has 104 valence electrons. The average molecular weight is 260 g/mol. The number of benzene rings is 1. The normalized spacial score (nSPS) is 23.1. The van der Waals surface area contributed by atoms with Crippen LogP contribution in [-0.2, 0) is 4.79 Å². The first kappa shape index (κ1) is 13.9. The van der Waals surface area contributed by atoms with Gasteiger partial charge in [0.1, 0.15) is 0 Å². The predicted molar refractivity (Wildman–Crippen MR) is 80.0 cm³/mol. The monoisotopic (exact) mass is 260 g/mol. The van der Waals surface area contributed by atoms with E-state index in [0.29, 0.717) is 12.2 Å². The highest BCUT2D eigenvalue weighted by atomic mass is 16.2. The van der Waals surface area contributed by atoms with Gasteiger partial charge in [-0.05, 0) is 50.7 Å². The van der Waals surface area contributed by atoms with E-state index in [4.69, 9.17) is 5.73 Å². The second-order valence-corrected chi connectivity index (χ2v) is 5.60. The Kier molecular flexibility index (Phi) is 4.46. The van der Waals surface area contributed by atoms with Crippen LogP contribution < -0.4 is 10.6 Å². The van der Waals surface area contributed by atoms with Crippen LogP contribution in [0.4, 0.5) is 11.4 Å². The highest BCUT2D eigenvalue weighted by molar-refractivity contribution is 5.97. The van der Waals surface area contributed by atoms with Gasteiger partial charge in [-0.2, -0.15) is 0 Å². The van der Waals surface area contributed by atoms with Crippen LogP contribution in [0.1, 0.15) is 39.5 Å². The summed E-state index contributed by atoms with van der Waals surface area (Å²) in [7, 11) is 0. The summed E-state index contributed by atoms with van der Waals surface area (Å²) in [5, 5.41) is 0. The lowest BCUT2D eigenvalue weighted by Gasteiger charge is -2.31. The Balaban J connectivity index is 2.14. The zero-order valence-electron chi connectivity index (χ0n) is 11.9. The molecule has 2 N–H and O–H groups in total. The molecule has 1 aromatic rings. The fraction of sp³-hybridized carbons (Fsp3) is 0.562. The van der Waals surface area contributed by atoms with E-state index in [-0.39, 0.29) is 11.8 Å². The van der Waals surface area contributed by atoms with E-state index in [1.165, 1.54) is 0 Å². The Labute approximate surface area is 115 Å². The van der Waals surface area contributed by atoms with Gasteiger partial charge < -0.3 is 10.6 Å². The molecule has 1 saturated carbocycles.